The van der Waals surface area contributed by atoms with Crippen molar-refractivity contribution in [1.82, 2.24) is 45.1 Å². The van der Waals surface area contributed by atoms with E-state index >= 15 is 0 Å². The Morgan fingerprint density at radius 3 is 2.39 bits per heavy atom. The van der Waals surface area contributed by atoms with E-state index in [1.54, 1.807) is 27.1 Å². The Morgan fingerprint density at radius 1 is 0.917 bits per heavy atom. The van der Waals surface area contributed by atoms with E-state index in [4.69, 9.17) is 30.8 Å². The molecule has 372 valence electrons. The van der Waals surface area contributed by atoms with Gasteiger partial charge in [0.2, 0.25) is 17.7 Å². The molecule has 17 heteroatoms. The van der Waals surface area contributed by atoms with E-state index in [2.05, 4.69) is 51.2 Å². The molecule has 5 atom stereocenters. The highest BCUT2D eigenvalue weighted by Gasteiger charge is 2.42. The van der Waals surface area contributed by atoms with Gasteiger partial charge in [-0.3, -0.25) is 28.6 Å². The Kier molecular flexibility index (Phi) is 13.5. The van der Waals surface area contributed by atoms with Crippen molar-refractivity contribution in [3.63, 3.8) is 0 Å². The summed E-state index contributed by atoms with van der Waals surface area (Å²) in [6, 6.07) is 21.3. The van der Waals surface area contributed by atoms with Gasteiger partial charge in [-0.2, -0.15) is 5.10 Å². The van der Waals surface area contributed by atoms with Gasteiger partial charge in [-0.05, 0) is 93.8 Å². The van der Waals surface area contributed by atoms with Gasteiger partial charge in [0, 0.05) is 63.8 Å². The molecule has 1 saturated heterocycles. The SMILES string of the molecule is Cc1ncoc1-c1ccc([C@H](C)NC(=O)[C@@H]2C[C@@H](C)CN2C(=O)[C@H](C(C)C)n2cc(-c3cccc(OC4CC(NC(=O)C[C@@H]5N=C(c6ccc(Cl)cc6)c6c(sc(C)c6C)-n6c(C)nnc65)C4)c3)cn2)cc1. The number of hydrogen-bond donors (Lipinski definition) is 2. The number of amides is 3. The maximum absolute atomic E-state index is 14.5. The molecule has 0 spiro atoms. The summed E-state index contributed by atoms with van der Waals surface area (Å²) in [6.07, 6.45) is 7.03. The molecule has 2 N–H and O–H groups in total. The number of carbonyl (C=O) groups is 3. The molecule has 0 radical (unpaired) electrons. The predicted octanol–water partition coefficient (Wildman–Crippen LogP) is 10.1. The van der Waals surface area contributed by atoms with E-state index in [0.717, 1.165) is 66.9 Å². The molecule has 0 unspecified atom stereocenters. The van der Waals surface area contributed by atoms with Crippen molar-refractivity contribution in [3.05, 3.63) is 141 Å². The first-order valence-corrected chi connectivity index (χ1v) is 25.9. The predicted molar refractivity (Wildman–Crippen MR) is 278 cm³/mol. The molecule has 0 bridgehead atoms. The molecule has 72 heavy (non-hydrogen) atoms. The molecular formula is C55H59ClN10O5S. The molecule has 10 rings (SSSR count). The number of aryl methyl sites for hydroxylation is 3. The molecule has 2 aliphatic heterocycles. The molecule has 2 fully saturated rings. The normalized spacial score (nSPS) is 20.2. The van der Waals surface area contributed by atoms with Crippen LogP contribution in [0.4, 0.5) is 0 Å². The van der Waals surface area contributed by atoms with Crippen LogP contribution in [0.2, 0.25) is 5.02 Å². The average molecular weight is 1010 g/mol. The van der Waals surface area contributed by atoms with Gasteiger partial charge in [0.05, 0.1) is 30.1 Å². The summed E-state index contributed by atoms with van der Waals surface area (Å²) < 4.78 is 15.8. The standard InChI is InChI=1S/C55H59ClN10O5S/c1-29(2)50(54(69)64-26-30(3)20-46(64)53(68)59-32(5)36-12-14-38(15-13-36)51-33(6)57-28-70-51)65-27-40(25-58-65)39-10-9-11-43(21-39)71-44-22-42(23-44)60-47(67)24-45-52-63-62-35(8)66(52)55-48(31(4)34(7)72-55)49(61-45)37-16-18-41(56)19-17-37/h9-19,21,25,27-30,32,42,44-46,50H,20,22-24,26H2,1-8H3,(H,59,68)(H,60,67)/t30-,32+,42?,44?,45+,46+,50+/m1/s1. The van der Waals surface area contributed by atoms with Crippen molar-refractivity contribution < 1.29 is 23.5 Å². The molecule has 1 saturated carbocycles. The fourth-order valence-electron chi connectivity index (χ4n) is 10.3. The van der Waals surface area contributed by atoms with E-state index < -0.39 is 18.1 Å². The molecular weight excluding hydrogens is 948 g/mol. The lowest BCUT2D eigenvalue weighted by Gasteiger charge is -2.36. The summed E-state index contributed by atoms with van der Waals surface area (Å²) in [5.41, 5.74) is 8.29. The van der Waals surface area contributed by atoms with Crippen molar-refractivity contribution in [2.24, 2.45) is 16.8 Å². The molecule has 6 heterocycles. The van der Waals surface area contributed by atoms with Crippen LogP contribution in [0.3, 0.4) is 0 Å². The third-order valence-corrected chi connectivity index (χ3v) is 15.8. The monoisotopic (exact) mass is 1010 g/mol. The van der Waals surface area contributed by atoms with Gasteiger partial charge in [-0.1, -0.05) is 80.9 Å². The van der Waals surface area contributed by atoms with Crippen LogP contribution in [0.25, 0.3) is 27.5 Å². The zero-order valence-electron chi connectivity index (χ0n) is 41.7. The number of halogens is 1. The van der Waals surface area contributed by atoms with Crippen molar-refractivity contribution in [3.8, 4) is 33.2 Å². The Bertz CT molecular complexity index is 3180. The summed E-state index contributed by atoms with van der Waals surface area (Å²) in [7, 11) is 0. The number of fused-ring (bicyclic) bond motifs is 3. The summed E-state index contributed by atoms with van der Waals surface area (Å²) in [5, 5.41) is 21.8. The maximum atomic E-state index is 14.5. The minimum Gasteiger partial charge on any atom is -0.490 e. The van der Waals surface area contributed by atoms with Crippen molar-refractivity contribution >= 4 is 46.4 Å². The quantitative estimate of drug-likeness (QED) is 0.107. The van der Waals surface area contributed by atoms with Gasteiger partial charge in [-0.25, -0.2) is 4.98 Å². The van der Waals surface area contributed by atoms with Gasteiger partial charge in [0.1, 0.15) is 40.8 Å². The lowest BCUT2D eigenvalue weighted by molar-refractivity contribution is -0.142. The van der Waals surface area contributed by atoms with Crippen LogP contribution in [-0.2, 0) is 14.4 Å². The second-order valence-corrected chi connectivity index (χ2v) is 21.6. The Labute approximate surface area is 428 Å². The number of aromatic nitrogens is 6. The molecule has 3 aromatic carbocycles. The van der Waals surface area contributed by atoms with Crippen LogP contribution < -0.4 is 15.4 Å². The third-order valence-electron chi connectivity index (χ3n) is 14.3. The van der Waals surface area contributed by atoms with Crippen LogP contribution >= 0.6 is 22.9 Å². The number of thiophene rings is 1. The smallest absolute Gasteiger partial charge is 0.248 e. The Hall–Kier alpha value is -6.91. The number of likely N-dealkylation sites (tertiary alicyclic amines) is 1. The summed E-state index contributed by atoms with van der Waals surface area (Å²) in [5.74, 6) is 2.45. The molecule has 3 amide bonds. The molecule has 1 aliphatic carbocycles. The first-order valence-electron chi connectivity index (χ1n) is 24.7. The zero-order chi connectivity index (χ0) is 50.5. The number of benzene rings is 3. The van der Waals surface area contributed by atoms with Crippen LogP contribution in [-0.4, -0.2) is 82.6 Å². The van der Waals surface area contributed by atoms with Crippen molar-refractivity contribution in [1.29, 1.82) is 0 Å². The van der Waals surface area contributed by atoms with Crippen molar-refractivity contribution in [2.45, 2.75) is 117 Å². The number of nitrogens with one attached hydrogen (secondary N) is 2. The lowest BCUT2D eigenvalue weighted by Crippen LogP contribution is -2.49. The van der Waals surface area contributed by atoms with Gasteiger partial charge >= 0.3 is 0 Å². The van der Waals surface area contributed by atoms with E-state index in [0.29, 0.717) is 42.4 Å². The van der Waals surface area contributed by atoms with Crippen LogP contribution in [0.5, 0.6) is 5.75 Å². The summed E-state index contributed by atoms with van der Waals surface area (Å²) in [4.78, 5) is 54.6. The van der Waals surface area contributed by atoms with E-state index in [1.165, 1.54) is 11.3 Å². The molecule has 7 aromatic rings. The number of ether oxygens (including phenoxy) is 1. The topological polar surface area (TPSA) is 175 Å². The Balaban J connectivity index is 0.762. The van der Waals surface area contributed by atoms with E-state index in [1.807, 2.05) is 114 Å². The van der Waals surface area contributed by atoms with E-state index in [9.17, 15) is 14.4 Å². The number of rotatable bonds is 14. The molecule has 15 nitrogen and oxygen atoms in total. The van der Waals surface area contributed by atoms with Crippen LogP contribution in [0.15, 0.2) is 101 Å². The Morgan fingerprint density at radius 2 is 1.67 bits per heavy atom. The van der Waals surface area contributed by atoms with E-state index in [-0.39, 0.29) is 54.2 Å². The fourth-order valence-corrected chi connectivity index (χ4v) is 11.6. The number of aliphatic imine (C=N–C) groups is 1. The first-order chi connectivity index (χ1) is 34.6. The van der Waals surface area contributed by atoms with Crippen molar-refractivity contribution in [2.75, 3.05) is 6.54 Å². The maximum Gasteiger partial charge on any atom is 0.248 e. The zero-order valence-corrected chi connectivity index (χ0v) is 43.3. The van der Waals surface area contributed by atoms with Crippen LogP contribution in [0.1, 0.15) is 116 Å². The fraction of sp³-hybridized carbons (Fsp3) is 0.382. The summed E-state index contributed by atoms with van der Waals surface area (Å²) in [6.45, 7) is 16.6. The number of carbonyl (C=O) groups excluding carboxylic acids is 3. The average Bonchev–Trinajstić information content (AvgIpc) is 4.19. The largest absolute Gasteiger partial charge is 0.490 e. The highest BCUT2D eigenvalue weighted by Crippen LogP contribution is 2.40. The van der Waals surface area contributed by atoms with Gasteiger partial charge in [-0.15, -0.1) is 21.5 Å². The molecule has 3 aliphatic rings. The van der Waals surface area contributed by atoms with Crippen LogP contribution in [0, 0.1) is 39.5 Å². The first kappa shape index (κ1) is 48.7. The highest BCUT2D eigenvalue weighted by atomic mass is 35.5. The van der Waals surface area contributed by atoms with Gasteiger partial charge in [0.15, 0.2) is 18.0 Å². The minimum atomic E-state index is -0.616. The molecule has 4 aromatic heterocycles. The van der Waals surface area contributed by atoms with Gasteiger partial charge in [0.25, 0.3) is 0 Å². The number of nitrogens with zero attached hydrogens (tertiary/aromatic N) is 8. The van der Waals surface area contributed by atoms with Gasteiger partial charge < -0.3 is 24.7 Å². The second-order valence-electron chi connectivity index (χ2n) is 20.0. The summed E-state index contributed by atoms with van der Waals surface area (Å²) >= 11 is 7.97. The minimum absolute atomic E-state index is 0.0492. The third kappa shape index (κ3) is 9.61. The highest BCUT2D eigenvalue weighted by molar-refractivity contribution is 7.15. The number of oxazole rings is 1. The lowest BCUT2D eigenvalue weighted by atomic mass is 9.89. The number of hydrogen-bond acceptors (Lipinski definition) is 11. The second kappa shape index (κ2) is 19.9.